The molecule has 2 bridgehead atoms. The lowest BCUT2D eigenvalue weighted by atomic mass is 9.82. The van der Waals surface area contributed by atoms with E-state index in [1.165, 1.54) is 23.3 Å². The number of nitrogens with zero attached hydrogens (tertiary/aromatic N) is 2. The second-order valence-corrected chi connectivity index (χ2v) is 20.9. The average molecular weight is 943 g/mol. The van der Waals surface area contributed by atoms with Crippen molar-refractivity contribution in [2.75, 3.05) is 27.9 Å². The molecule has 4 heterocycles. The SMILES string of the molecule is C=CCC1/C=C(\C)CC(C)CC(OC)C2OC(O)(C(=O)C(=O)N3CCCCC3C(=O)OC(C(C)=CC3CCC(Oc4ccc5c(ccn5C5CC5)c4)C(OC)C3)C(C)CCC1=O)C(C)CC2OC. The molecule has 5 aliphatic rings. The predicted molar refractivity (Wildman–Crippen MR) is 260 cm³/mol. The van der Waals surface area contributed by atoms with Crippen LogP contribution < -0.4 is 4.74 Å². The van der Waals surface area contributed by atoms with Gasteiger partial charge in [-0.15, -0.1) is 6.58 Å². The number of aromatic nitrogens is 1. The highest BCUT2D eigenvalue weighted by molar-refractivity contribution is 6.39. The molecule has 0 radical (unpaired) electrons. The lowest BCUT2D eigenvalue weighted by Crippen LogP contribution is -2.64. The van der Waals surface area contributed by atoms with Gasteiger partial charge in [-0.3, -0.25) is 14.4 Å². The van der Waals surface area contributed by atoms with Crippen LogP contribution in [-0.4, -0.2) is 114 Å². The summed E-state index contributed by atoms with van der Waals surface area (Å²) in [6.45, 7) is 13.9. The summed E-state index contributed by atoms with van der Waals surface area (Å²) in [4.78, 5) is 58.7. The molecule has 4 fully saturated rings. The molecule has 13 atom stereocenters. The number of allylic oxidation sites excluding steroid dienone is 4. The number of esters is 1. The lowest BCUT2D eigenvalue weighted by molar-refractivity contribution is -0.302. The number of Topliss-reactive ketones (excluding diaryl/α,β-unsaturated/α-hetero) is 2. The van der Waals surface area contributed by atoms with Crippen LogP contribution in [0.5, 0.6) is 5.75 Å². The Kier molecular flexibility index (Phi) is 17.3. The van der Waals surface area contributed by atoms with Crippen LogP contribution in [-0.2, 0) is 42.9 Å². The van der Waals surface area contributed by atoms with Crippen LogP contribution in [0.1, 0.15) is 131 Å². The normalized spacial score (nSPS) is 36.3. The largest absolute Gasteiger partial charge is 0.488 e. The van der Waals surface area contributed by atoms with Crippen LogP contribution in [0, 0.1) is 29.6 Å². The summed E-state index contributed by atoms with van der Waals surface area (Å²) in [7, 11) is 4.83. The maximum absolute atomic E-state index is 14.6. The monoisotopic (exact) mass is 943 g/mol. The highest BCUT2D eigenvalue weighted by Crippen LogP contribution is 2.41. The van der Waals surface area contributed by atoms with E-state index >= 15 is 0 Å². The second kappa shape index (κ2) is 22.7. The number of ketones is 2. The van der Waals surface area contributed by atoms with E-state index in [0.29, 0.717) is 57.4 Å². The molecule has 1 N–H and O–H groups in total. The lowest BCUT2D eigenvalue weighted by Gasteiger charge is -2.47. The first-order valence-electron chi connectivity index (χ1n) is 25.4. The molecule has 1 aromatic carbocycles. The van der Waals surface area contributed by atoms with Crippen LogP contribution in [0.2, 0.25) is 0 Å². The minimum atomic E-state index is -2.48. The Hall–Kier alpha value is -4.14. The molecule has 2 aliphatic carbocycles. The number of carbonyl (C=O) groups excluding carboxylic acids is 4. The van der Waals surface area contributed by atoms with Crippen molar-refractivity contribution in [2.24, 2.45) is 29.6 Å². The third kappa shape index (κ3) is 11.7. The maximum atomic E-state index is 14.6. The van der Waals surface area contributed by atoms with Gasteiger partial charge in [-0.1, -0.05) is 44.6 Å². The van der Waals surface area contributed by atoms with Gasteiger partial charge in [0.2, 0.25) is 5.79 Å². The topological polar surface area (TPSA) is 152 Å². The van der Waals surface area contributed by atoms with Crippen LogP contribution in [0.25, 0.3) is 10.9 Å². The standard InChI is InChI=1S/C55H78N2O11/c1-10-13-40-27-33(2)26-34(3)28-48(64-8)51-49(65-9)30-37(6)55(62,68-51)52(59)53(60)57-24-12-11-14-44(57)54(61)67-50(35(4)15-21-45(40)58)36(5)29-38-16-22-46(47(31-38)63-7)66-42-19-20-43-39(32-42)23-25-56(43)41-17-18-41/h10,19-20,23,25,27,29,32,34-35,37-38,40-41,44,46-51,62H,1,11-18,21-22,24,26,28,30-31H2,2-9H3/b33-27+,36-29?. The molecule has 68 heavy (non-hydrogen) atoms. The number of hydrogen-bond donors (Lipinski definition) is 1. The molecule has 13 nitrogen and oxygen atoms in total. The van der Waals surface area contributed by atoms with Gasteiger partial charge in [0, 0.05) is 69.3 Å². The third-order valence-electron chi connectivity index (χ3n) is 15.6. The Labute approximate surface area is 403 Å². The summed E-state index contributed by atoms with van der Waals surface area (Å²) >= 11 is 0. The smallest absolute Gasteiger partial charge is 0.329 e. The van der Waals surface area contributed by atoms with E-state index in [4.69, 9.17) is 28.4 Å². The first-order valence-corrected chi connectivity index (χ1v) is 25.4. The van der Waals surface area contributed by atoms with Crippen molar-refractivity contribution in [1.29, 1.82) is 0 Å². The fourth-order valence-electron chi connectivity index (χ4n) is 11.6. The van der Waals surface area contributed by atoms with Gasteiger partial charge < -0.3 is 43.0 Å². The summed E-state index contributed by atoms with van der Waals surface area (Å²) < 4.78 is 39.7. The number of fused-ring (bicyclic) bond motifs is 4. The summed E-state index contributed by atoms with van der Waals surface area (Å²) in [6, 6.07) is 8.01. The zero-order chi connectivity index (χ0) is 48.9. The quantitative estimate of drug-likeness (QED) is 0.138. The average Bonchev–Trinajstić information content (AvgIpc) is 4.09. The molecule has 0 spiro atoms. The number of carbonyl (C=O) groups is 4. The number of ether oxygens (including phenoxy) is 6. The van der Waals surface area contributed by atoms with Crippen molar-refractivity contribution in [2.45, 2.75) is 179 Å². The first kappa shape index (κ1) is 51.7. The van der Waals surface area contributed by atoms with Crippen molar-refractivity contribution < 1.29 is 52.7 Å². The zero-order valence-corrected chi connectivity index (χ0v) is 41.9. The summed E-state index contributed by atoms with van der Waals surface area (Å²) in [5.74, 6) is -5.57. The van der Waals surface area contributed by atoms with Crippen molar-refractivity contribution in [1.82, 2.24) is 9.47 Å². The number of amides is 1. The van der Waals surface area contributed by atoms with Crippen molar-refractivity contribution >= 4 is 34.3 Å². The molecule has 1 amide bonds. The predicted octanol–water partition coefficient (Wildman–Crippen LogP) is 9.04. The van der Waals surface area contributed by atoms with E-state index in [1.54, 1.807) is 34.3 Å². The van der Waals surface area contributed by atoms with Gasteiger partial charge in [-0.25, -0.2) is 4.79 Å². The highest BCUT2D eigenvalue weighted by atomic mass is 16.7. The van der Waals surface area contributed by atoms with E-state index in [9.17, 15) is 24.3 Å². The van der Waals surface area contributed by atoms with Gasteiger partial charge in [0.1, 0.15) is 35.9 Å². The molecule has 374 valence electrons. The van der Waals surface area contributed by atoms with Crippen molar-refractivity contribution in [3.8, 4) is 5.75 Å². The number of aliphatic hydroxyl groups is 1. The summed E-state index contributed by atoms with van der Waals surface area (Å²) in [5, 5.41) is 13.3. The van der Waals surface area contributed by atoms with Gasteiger partial charge in [-0.05, 0) is 145 Å². The third-order valence-corrected chi connectivity index (χ3v) is 15.6. The minimum absolute atomic E-state index is 0.0607. The highest BCUT2D eigenvalue weighted by Gasteiger charge is 2.56. The molecule has 7 rings (SSSR count). The molecule has 2 aromatic rings. The van der Waals surface area contributed by atoms with Gasteiger partial charge in [-0.2, -0.15) is 0 Å². The second-order valence-electron chi connectivity index (χ2n) is 20.9. The van der Waals surface area contributed by atoms with E-state index in [0.717, 1.165) is 35.1 Å². The molecule has 13 unspecified atom stereocenters. The van der Waals surface area contributed by atoms with E-state index < -0.39 is 59.8 Å². The van der Waals surface area contributed by atoms with Gasteiger partial charge in [0.15, 0.2) is 0 Å². The molecular formula is C55H78N2O11. The Balaban J connectivity index is 1.15. The first-order chi connectivity index (χ1) is 32.6. The Morgan fingerprint density at radius 2 is 1.63 bits per heavy atom. The number of rotatable bonds is 10. The number of piperidine rings is 1. The van der Waals surface area contributed by atoms with Crippen molar-refractivity contribution in [3.63, 3.8) is 0 Å². The molecule has 2 saturated heterocycles. The van der Waals surface area contributed by atoms with Crippen LogP contribution in [0.3, 0.4) is 0 Å². The van der Waals surface area contributed by atoms with Gasteiger partial charge in [0.05, 0.1) is 18.3 Å². The van der Waals surface area contributed by atoms with Gasteiger partial charge in [0.25, 0.3) is 11.7 Å². The molecule has 13 heteroatoms. The maximum Gasteiger partial charge on any atom is 0.329 e. The minimum Gasteiger partial charge on any atom is -0.488 e. The van der Waals surface area contributed by atoms with E-state index in [1.807, 2.05) is 26.8 Å². The Bertz CT molecular complexity index is 2180. The summed E-state index contributed by atoms with van der Waals surface area (Å²) in [5.41, 5.74) is 3.12. The molecule has 3 aliphatic heterocycles. The number of hydrogen-bond acceptors (Lipinski definition) is 11. The van der Waals surface area contributed by atoms with Crippen LogP contribution >= 0.6 is 0 Å². The molecule has 1 aromatic heterocycles. The fraction of sp³-hybridized carbons (Fsp3) is 0.673. The molecule has 2 saturated carbocycles. The fourth-order valence-corrected chi connectivity index (χ4v) is 11.6. The number of benzene rings is 1. The molecular weight excluding hydrogens is 865 g/mol. The number of methoxy groups -OCH3 is 3. The van der Waals surface area contributed by atoms with Crippen LogP contribution in [0.15, 0.2) is 66.4 Å². The number of cyclic esters (lactones) is 1. The van der Waals surface area contributed by atoms with E-state index in [-0.39, 0.29) is 61.0 Å². The van der Waals surface area contributed by atoms with E-state index in [2.05, 4.69) is 54.6 Å². The Morgan fingerprint density at radius 3 is 2.34 bits per heavy atom. The Morgan fingerprint density at radius 1 is 0.897 bits per heavy atom. The zero-order valence-electron chi connectivity index (χ0n) is 41.9. The summed E-state index contributed by atoms with van der Waals surface area (Å²) in [6.07, 6.45) is 14.0. The van der Waals surface area contributed by atoms with Crippen LogP contribution in [0.4, 0.5) is 0 Å². The van der Waals surface area contributed by atoms with Crippen molar-refractivity contribution in [3.05, 3.63) is 66.4 Å². The van der Waals surface area contributed by atoms with Gasteiger partial charge >= 0.3 is 5.97 Å².